The number of carbonyl (C=O) groups excluding carboxylic acids is 2. The van der Waals surface area contributed by atoms with Gasteiger partial charge < -0.3 is 0 Å². The summed E-state index contributed by atoms with van der Waals surface area (Å²) >= 11 is 0. The van der Waals surface area contributed by atoms with Crippen molar-refractivity contribution in [2.24, 2.45) is 9.98 Å². The second-order valence-corrected chi connectivity index (χ2v) is 4.64. The summed E-state index contributed by atoms with van der Waals surface area (Å²) in [5.74, 6) is -0.0538. The molecule has 0 spiro atoms. The van der Waals surface area contributed by atoms with Crippen LogP contribution in [0.5, 0.6) is 0 Å². The van der Waals surface area contributed by atoms with Gasteiger partial charge in [-0.2, -0.15) is 4.99 Å². The maximum atomic E-state index is 10.6. The van der Waals surface area contributed by atoms with Crippen molar-refractivity contribution in [2.45, 2.75) is 18.9 Å². The molecule has 0 aromatic heterocycles. The van der Waals surface area contributed by atoms with E-state index in [9.17, 15) is 9.59 Å². The first-order chi connectivity index (χ1) is 10.3. The second-order valence-electron chi connectivity index (χ2n) is 4.64. The van der Waals surface area contributed by atoms with Crippen LogP contribution in [0.25, 0.3) is 0 Å². The number of isocyanates is 2. The predicted molar refractivity (Wildman–Crippen MR) is 80.1 cm³/mol. The average Bonchev–Trinajstić information content (AvgIpc) is 2.51. The highest BCUT2D eigenvalue weighted by Crippen LogP contribution is 2.30. The summed E-state index contributed by atoms with van der Waals surface area (Å²) in [7, 11) is 0. The molecule has 104 valence electrons. The first kappa shape index (κ1) is 14.6. The molecule has 4 heteroatoms. The van der Waals surface area contributed by atoms with E-state index in [0.717, 1.165) is 11.1 Å². The molecule has 0 aliphatic carbocycles. The van der Waals surface area contributed by atoms with Gasteiger partial charge in [0.2, 0.25) is 12.2 Å². The van der Waals surface area contributed by atoms with Crippen molar-refractivity contribution in [2.75, 3.05) is 0 Å². The van der Waals surface area contributed by atoms with Gasteiger partial charge >= 0.3 is 0 Å². The van der Waals surface area contributed by atoms with Crippen LogP contribution in [0.2, 0.25) is 0 Å². The van der Waals surface area contributed by atoms with Crippen molar-refractivity contribution in [3.05, 3.63) is 65.7 Å². The van der Waals surface area contributed by atoms with Gasteiger partial charge in [-0.05, 0) is 30.2 Å². The summed E-state index contributed by atoms with van der Waals surface area (Å²) in [5.41, 5.74) is 2.61. The third-order valence-electron chi connectivity index (χ3n) is 3.32. The minimum absolute atomic E-state index is 0.0538. The fraction of sp³-hybridized carbons (Fsp3) is 0.176. The number of hydrogen-bond acceptors (Lipinski definition) is 4. The van der Waals surface area contributed by atoms with Gasteiger partial charge in [-0.1, -0.05) is 42.5 Å². The van der Waals surface area contributed by atoms with Gasteiger partial charge in [0.05, 0.1) is 11.7 Å². The standard InChI is InChI=1S/C17H14N2O2/c1-13(18-11-20)17(14-5-3-2-4-6-14)15-7-9-16(10-8-15)19-12-21/h2-10,13,17H,1H3. The molecule has 0 amide bonds. The van der Waals surface area contributed by atoms with Crippen LogP contribution in [0.3, 0.4) is 0 Å². The number of nitrogens with zero attached hydrogens (tertiary/aromatic N) is 2. The molecular formula is C17H14N2O2. The largest absolute Gasteiger partial charge is 0.240 e. The summed E-state index contributed by atoms with van der Waals surface area (Å²) in [5, 5.41) is 0. The normalized spacial score (nSPS) is 12.6. The second kappa shape index (κ2) is 7.11. The van der Waals surface area contributed by atoms with Crippen LogP contribution in [-0.4, -0.2) is 18.2 Å². The van der Waals surface area contributed by atoms with Crippen LogP contribution >= 0.6 is 0 Å². The maximum Gasteiger partial charge on any atom is 0.240 e. The van der Waals surface area contributed by atoms with Gasteiger partial charge in [0.15, 0.2) is 0 Å². The highest BCUT2D eigenvalue weighted by molar-refractivity contribution is 5.50. The van der Waals surface area contributed by atoms with E-state index in [2.05, 4.69) is 9.98 Å². The Morgan fingerprint density at radius 3 is 2.05 bits per heavy atom. The van der Waals surface area contributed by atoms with Gasteiger partial charge in [0, 0.05) is 5.92 Å². The quantitative estimate of drug-likeness (QED) is 0.620. The summed E-state index contributed by atoms with van der Waals surface area (Å²) in [6.45, 7) is 1.88. The predicted octanol–water partition coefficient (Wildman–Crippen LogP) is 3.51. The Labute approximate surface area is 122 Å². The Kier molecular flexibility index (Phi) is 4.94. The lowest BCUT2D eigenvalue weighted by Crippen LogP contribution is -2.14. The van der Waals surface area contributed by atoms with Crippen molar-refractivity contribution in [1.29, 1.82) is 0 Å². The summed E-state index contributed by atoms with van der Waals surface area (Å²) in [4.78, 5) is 28.2. The molecule has 2 atom stereocenters. The Bertz CT molecular complexity index is 682. The molecule has 0 aliphatic rings. The molecule has 2 rings (SSSR count). The lowest BCUT2D eigenvalue weighted by atomic mass is 9.86. The van der Waals surface area contributed by atoms with E-state index in [1.165, 1.54) is 6.08 Å². The number of benzene rings is 2. The van der Waals surface area contributed by atoms with Gasteiger partial charge in [-0.25, -0.2) is 14.6 Å². The Morgan fingerprint density at radius 1 is 0.857 bits per heavy atom. The van der Waals surface area contributed by atoms with Crippen LogP contribution in [-0.2, 0) is 9.59 Å². The highest BCUT2D eigenvalue weighted by Gasteiger charge is 2.20. The molecule has 21 heavy (non-hydrogen) atoms. The fourth-order valence-electron chi connectivity index (χ4n) is 2.38. The molecule has 0 radical (unpaired) electrons. The van der Waals surface area contributed by atoms with Crippen molar-refractivity contribution >= 4 is 17.8 Å². The van der Waals surface area contributed by atoms with Gasteiger partial charge in [-0.15, -0.1) is 0 Å². The van der Waals surface area contributed by atoms with Gasteiger partial charge in [-0.3, -0.25) is 0 Å². The summed E-state index contributed by atoms with van der Waals surface area (Å²) in [6.07, 6.45) is 3.14. The van der Waals surface area contributed by atoms with E-state index in [1.54, 1.807) is 18.2 Å². The van der Waals surface area contributed by atoms with Crippen molar-refractivity contribution in [1.82, 2.24) is 0 Å². The van der Waals surface area contributed by atoms with E-state index in [1.807, 2.05) is 49.4 Å². The third-order valence-corrected chi connectivity index (χ3v) is 3.32. The molecule has 0 saturated heterocycles. The van der Waals surface area contributed by atoms with Crippen molar-refractivity contribution in [3.63, 3.8) is 0 Å². The molecule has 0 fully saturated rings. The average molecular weight is 278 g/mol. The fourth-order valence-corrected chi connectivity index (χ4v) is 2.38. The van der Waals surface area contributed by atoms with Crippen LogP contribution in [0.1, 0.15) is 24.0 Å². The minimum Gasteiger partial charge on any atom is -0.211 e. The molecule has 0 saturated carbocycles. The summed E-state index contributed by atoms with van der Waals surface area (Å²) in [6, 6.07) is 16.9. The molecule has 0 bridgehead atoms. The van der Waals surface area contributed by atoms with E-state index < -0.39 is 0 Å². The lowest BCUT2D eigenvalue weighted by Gasteiger charge is -2.21. The molecule has 2 unspecified atom stereocenters. The van der Waals surface area contributed by atoms with Crippen molar-refractivity contribution in [3.8, 4) is 0 Å². The van der Waals surface area contributed by atoms with E-state index in [4.69, 9.17) is 0 Å². The van der Waals surface area contributed by atoms with Crippen LogP contribution in [0.4, 0.5) is 5.69 Å². The molecule has 0 aliphatic heterocycles. The smallest absolute Gasteiger partial charge is 0.211 e. The Morgan fingerprint density at radius 2 is 1.48 bits per heavy atom. The summed E-state index contributed by atoms with van der Waals surface area (Å²) < 4.78 is 0. The van der Waals surface area contributed by atoms with Crippen LogP contribution in [0.15, 0.2) is 64.6 Å². The van der Waals surface area contributed by atoms with E-state index >= 15 is 0 Å². The molecule has 2 aromatic carbocycles. The highest BCUT2D eigenvalue weighted by atomic mass is 16.1. The molecule has 0 N–H and O–H groups in total. The lowest BCUT2D eigenvalue weighted by molar-refractivity contribution is 0.552. The van der Waals surface area contributed by atoms with Crippen LogP contribution in [0, 0.1) is 0 Å². The van der Waals surface area contributed by atoms with Crippen molar-refractivity contribution < 1.29 is 9.59 Å². The SMILES string of the molecule is CC(N=C=O)C(c1ccccc1)c1ccc(N=C=O)cc1. The Hall–Kier alpha value is -2.80. The first-order valence-corrected chi connectivity index (χ1v) is 6.56. The maximum absolute atomic E-state index is 10.6. The zero-order valence-corrected chi connectivity index (χ0v) is 11.6. The number of rotatable bonds is 5. The topological polar surface area (TPSA) is 58.9 Å². The van der Waals surface area contributed by atoms with E-state index in [-0.39, 0.29) is 12.0 Å². The number of aliphatic imine (C=N–C) groups is 2. The van der Waals surface area contributed by atoms with Crippen LogP contribution < -0.4 is 0 Å². The zero-order chi connectivity index (χ0) is 15.1. The Balaban J connectivity index is 2.44. The van der Waals surface area contributed by atoms with Gasteiger partial charge in [0.25, 0.3) is 0 Å². The molecule has 0 heterocycles. The zero-order valence-electron chi connectivity index (χ0n) is 11.6. The minimum atomic E-state index is -0.231. The van der Waals surface area contributed by atoms with E-state index in [0.29, 0.717) is 5.69 Å². The molecule has 2 aromatic rings. The number of hydrogen-bond donors (Lipinski definition) is 0. The first-order valence-electron chi connectivity index (χ1n) is 6.56. The third kappa shape index (κ3) is 3.61. The molecule has 4 nitrogen and oxygen atoms in total. The monoisotopic (exact) mass is 278 g/mol. The molecular weight excluding hydrogens is 264 g/mol. The van der Waals surface area contributed by atoms with Gasteiger partial charge in [0.1, 0.15) is 0 Å².